The molecule has 0 saturated carbocycles. The van der Waals surface area contributed by atoms with Crippen LogP contribution in [0.2, 0.25) is 0 Å². The number of hydrogen-bond donors (Lipinski definition) is 0. The van der Waals surface area contributed by atoms with Crippen molar-refractivity contribution in [1.82, 2.24) is 0 Å². The molecule has 0 saturated heterocycles. The SMILES string of the molecule is Cc1ccc(S(=O)(=O)F)c(F)c1. The molecule has 0 unspecified atom stereocenters. The van der Waals surface area contributed by atoms with Crippen LogP contribution in [0.5, 0.6) is 0 Å². The molecule has 0 atom stereocenters. The Morgan fingerprint density at radius 3 is 2.33 bits per heavy atom. The van der Waals surface area contributed by atoms with E-state index in [1.54, 1.807) is 6.92 Å². The molecule has 0 N–H and O–H groups in total. The van der Waals surface area contributed by atoms with Crippen molar-refractivity contribution < 1.29 is 16.7 Å². The van der Waals surface area contributed by atoms with Crippen LogP contribution in [0.15, 0.2) is 23.1 Å². The van der Waals surface area contributed by atoms with Crippen LogP contribution in [0.3, 0.4) is 0 Å². The van der Waals surface area contributed by atoms with Gasteiger partial charge < -0.3 is 0 Å². The molecular formula is C7H6F2O2S. The van der Waals surface area contributed by atoms with Gasteiger partial charge in [-0.2, -0.15) is 8.42 Å². The van der Waals surface area contributed by atoms with E-state index in [9.17, 15) is 16.7 Å². The lowest BCUT2D eigenvalue weighted by Crippen LogP contribution is -1.96. The van der Waals surface area contributed by atoms with Crippen LogP contribution in [0.4, 0.5) is 8.28 Å². The largest absolute Gasteiger partial charge is 0.335 e. The van der Waals surface area contributed by atoms with Gasteiger partial charge in [-0.25, -0.2) is 4.39 Å². The lowest BCUT2D eigenvalue weighted by atomic mass is 10.2. The van der Waals surface area contributed by atoms with Gasteiger partial charge in [0, 0.05) is 0 Å². The second-order valence-electron chi connectivity index (χ2n) is 2.37. The summed E-state index contributed by atoms with van der Waals surface area (Å²) < 4.78 is 45.5. The summed E-state index contributed by atoms with van der Waals surface area (Å²) in [6, 6.07) is 3.20. The molecule has 5 heteroatoms. The van der Waals surface area contributed by atoms with Crippen molar-refractivity contribution >= 4 is 10.2 Å². The van der Waals surface area contributed by atoms with E-state index in [1.807, 2.05) is 0 Å². The maximum absolute atomic E-state index is 12.7. The minimum Gasteiger partial charge on any atom is -0.205 e. The molecule has 1 rings (SSSR count). The van der Waals surface area contributed by atoms with E-state index in [2.05, 4.69) is 0 Å². The molecule has 66 valence electrons. The number of aryl methyl sites for hydroxylation is 1. The summed E-state index contributed by atoms with van der Waals surface area (Å²) in [6.07, 6.45) is 0. The second kappa shape index (κ2) is 2.82. The van der Waals surface area contributed by atoms with Gasteiger partial charge in [0.1, 0.15) is 10.7 Å². The van der Waals surface area contributed by atoms with Crippen molar-refractivity contribution in [2.45, 2.75) is 11.8 Å². The van der Waals surface area contributed by atoms with Gasteiger partial charge in [0.25, 0.3) is 0 Å². The number of hydrogen-bond acceptors (Lipinski definition) is 2. The fourth-order valence-corrected chi connectivity index (χ4v) is 1.33. The average Bonchev–Trinajstić information content (AvgIpc) is 1.83. The molecule has 2 nitrogen and oxygen atoms in total. The van der Waals surface area contributed by atoms with Crippen molar-refractivity contribution in [2.75, 3.05) is 0 Å². The summed E-state index contributed by atoms with van der Waals surface area (Å²) in [5.41, 5.74) is 0.542. The zero-order chi connectivity index (χ0) is 9.35. The van der Waals surface area contributed by atoms with Crippen molar-refractivity contribution in [3.63, 3.8) is 0 Å². The predicted octanol–water partition coefficient (Wildman–Crippen LogP) is 1.79. The monoisotopic (exact) mass is 192 g/mol. The lowest BCUT2D eigenvalue weighted by molar-refractivity contribution is 0.533. The van der Waals surface area contributed by atoms with E-state index < -0.39 is 20.9 Å². The van der Waals surface area contributed by atoms with Crippen LogP contribution in [-0.4, -0.2) is 8.42 Å². The van der Waals surface area contributed by atoms with Gasteiger partial charge in [0.15, 0.2) is 0 Å². The molecule has 0 aliphatic rings. The molecule has 0 spiro atoms. The second-order valence-corrected chi connectivity index (χ2v) is 3.69. The van der Waals surface area contributed by atoms with E-state index in [4.69, 9.17) is 0 Å². The molecule has 0 amide bonds. The van der Waals surface area contributed by atoms with Crippen LogP contribution >= 0.6 is 0 Å². The van der Waals surface area contributed by atoms with Gasteiger partial charge in [-0.1, -0.05) is 6.07 Å². The number of benzene rings is 1. The molecule has 0 heterocycles. The van der Waals surface area contributed by atoms with Crippen molar-refractivity contribution in [3.05, 3.63) is 29.6 Å². The van der Waals surface area contributed by atoms with Gasteiger partial charge in [-0.3, -0.25) is 0 Å². The fraction of sp³-hybridized carbons (Fsp3) is 0.143. The highest BCUT2D eigenvalue weighted by Gasteiger charge is 2.16. The number of rotatable bonds is 1. The fourth-order valence-electron chi connectivity index (χ4n) is 0.804. The predicted molar refractivity (Wildman–Crippen MR) is 39.4 cm³/mol. The zero-order valence-electron chi connectivity index (χ0n) is 6.21. The first kappa shape index (κ1) is 9.12. The van der Waals surface area contributed by atoms with Gasteiger partial charge >= 0.3 is 10.2 Å². The zero-order valence-corrected chi connectivity index (χ0v) is 7.03. The number of halogens is 2. The lowest BCUT2D eigenvalue weighted by Gasteiger charge is -1.97. The summed E-state index contributed by atoms with van der Waals surface area (Å²) in [5.74, 6) is -1.06. The Balaban J connectivity index is 3.39. The molecule has 0 aliphatic heterocycles. The van der Waals surface area contributed by atoms with Crippen LogP contribution in [-0.2, 0) is 10.2 Å². The van der Waals surface area contributed by atoms with Crippen LogP contribution < -0.4 is 0 Å². The van der Waals surface area contributed by atoms with E-state index in [1.165, 1.54) is 6.07 Å². The summed E-state index contributed by atoms with van der Waals surface area (Å²) in [6.45, 7) is 1.58. The summed E-state index contributed by atoms with van der Waals surface area (Å²) in [7, 11) is -4.93. The maximum atomic E-state index is 12.7. The molecule has 0 radical (unpaired) electrons. The quantitative estimate of drug-likeness (QED) is 0.636. The Labute approximate surface area is 69.0 Å². The summed E-state index contributed by atoms with van der Waals surface area (Å²) >= 11 is 0. The van der Waals surface area contributed by atoms with Crippen LogP contribution in [0.1, 0.15) is 5.56 Å². The third-order valence-corrected chi connectivity index (χ3v) is 2.21. The van der Waals surface area contributed by atoms with Crippen LogP contribution in [0, 0.1) is 12.7 Å². The van der Waals surface area contributed by atoms with E-state index in [0.717, 1.165) is 12.1 Å². The van der Waals surface area contributed by atoms with Gasteiger partial charge in [-0.15, -0.1) is 3.89 Å². The third kappa shape index (κ3) is 1.79. The molecule has 1 aromatic carbocycles. The molecule has 1 aromatic rings. The van der Waals surface area contributed by atoms with Crippen molar-refractivity contribution in [3.8, 4) is 0 Å². The topological polar surface area (TPSA) is 34.1 Å². The standard InChI is InChI=1S/C7H6F2O2S/c1-5-2-3-7(6(8)4-5)12(9,10)11/h2-4H,1H3. The first-order valence-corrected chi connectivity index (χ1v) is 4.50. The maximum Gasteiger partial charge on any atom is 0.335 e. The van der Waals surface area contributed by atoms with E-state index >= 15 is 0 Å². The van der Waals surface area contributed by atoms with Crippen LogP contribution in [0.25, 0.3) is 0 Å². The summed E-state index contributed by atoms with van der Waals surface area (Å²) in [5, 5.41) is 0. The molecule has 12 heavy (non-hydrogen) atoms. The van der Waals surface area contributed by atoms with E-state index in [-0.39, 0.29) is 0 Å². The Hall–Kier alpha value is -0.970. The molecule has 0 fully saturated rings. The normalized spacial score (nSPS) is 11.6. The highest BCUT2D eigenvalue weighted by molar-refractivity contribution is 7.86. The molecule has 0 aliphatic carbocycles. The molecular weight excluding hydrogens is 186 g/mol. The highest BCUT2D eigenvalue weighted by Crippen LogP contribution is 2.17. The first-order chi connectivity index (χ1) is 5.41. The smallest absolute Gasteiger partial charge is 0.205 e. The molecule has 0 aromatic heterocycles. The Morgan fingerprint density at radius 2 is 1.92 bits per heavy atom. The van der Waals surface area contributed by atoms with Gasteiger partial charge in [0.2, 0.25) is 0 Å². The van der Waals surface area contributed by atoms with Crippen molar-refractivity contribution in [1.29, 1.82) is 0 Å². The van der Waals surface area contributed by atoms with Gasteiger partial charge in [-0.05, 0) is 24.6 Å². The minimum atomic E-state index is -4.93. The van der Waals surface area contributed by atoms with E-state index in [0.29, 0.717) is 5.56 Å². The Bertz CT molecular complexity index is 398. The average molecular weight is 192 g/mol. The first-order valence-electron chi connectivity index (χ1n) is 3.12. The van der Waals surface area contributed by atoms with Crippen molar-refractivity contribution in [2.24, 2.45) is 0 Å². The van der Waals surface area contributed by atoms with Gasteiger partial charge in [0.05, 0.1) is 0 Å². The summed E-state index contributed by atoms with van der Waals surface area (Å²) in [4.78, 5) is -0.909. The molecule has 0 bridgehead atoms. The highest BCUT2D eigenvalue weighted by atomic mass is 32.3. The Morgan fingerprint density at radius 1 is 1.33 bits per heavy atom. The minimum absolute atomic E-state index is 0.542. The third-order valence-electron chi connectivity index (χ3n) is 1.35. The Kier molecular flexibility index (Phi) is 2.14.